The second-order valence-corrected chi connectivity index (χ2v) is 8.22. The molecule has 23 heavy (non-hydrogen) atoms. The number of phosphoric ester groups is 1. The van der Waals surface area contributed by atoms with Crippen molar-refractivity contribution >= 4 is 7.82 Å². The molecule has 0 saturated heterocycles. The molecule has 1 atom stereocenters. The van der Waals surface area contributed by atoms with Crippen molar-refractivity contribution in [2.75, 3.05) is 20.6 Å². The Morgan fingerprint density at radius 1 is 0.957 bits per heavy atom. The van der Waals surface area contributed by atoms with E-state index in [4.69, 9.17) is 0 Å². The lowest BCUT2D eigenvalue weighted by molar-refractivity contribution is -0.910. The Morgan fingerprint density at radius 3 is 1.83 bits per heavy atom. The fourth-order valence-corrected chi connectivity index (χ4v) is 2.86. The van der Waals surface area contributed by atoms with Gasteiger partial charge in [0.1, 0.15) is 7.82 Å². The monoisotopic (exact) mass is 349 g/mol. The van der Waals surface area contributed by atoms with E-state index in [2.05, 4.69) is 11.4 Å². The van der Waals surface area contributed by atoms with E-state index in [-0.39, 0.29) is 6.04 Å². The van der Waals surface area contributed by atoms with Gasteiger partial charge in [-0.25, -0.2) is 0 Å². The zero-order valence-corrected chi connectivity index (χ0v) is 16.4. The standard InChI is InChI=1S/C17H36NO4P/c1-5-6-7-8-9-10-11-12-13-14-15-18(3,4)17(2)16-22-23(19,20)21/h16-17H,5-15H2,1-4H3. The summed E-state index contributed by atoms with van der Waals surface area (Å²) in [5, 5.41) is 0. The molecule has 138 valence electrons. The number of quaternary nitrogens is 1. The molecule has 1 unspecified atom stereocenters. The maximum atomic E-state index is 10.5. The average Bonchev–Trinajstić information content (AvgIpc) is 2.45. The Hall–Kier alpha value is -0.0600. The minimum absolute atomic E-state index is 0.134. The van der Waals surface area contributed by atoms with Crippen LogP contribution in [0.15, 0.2) is 0 Å². The third-order valence-electron chi connectivity index (χ3n) is 4.58. The number of hydrogen-bond acceptors (Lipinski definition) is 4. The molecule has 0 spiro atoms. The molecule has 0 N–H and O–H groups in total. The molecule has 6 heteroatoms. The van der Waals surface area contributed by atoms with Gasteiger partial charge < -0.3 is 14.4 Å². The Labute approximate surface area is 143 Å². The third kappa shape index (κ3) is 14.0. The number of nitrogens with zero attached hydrogens (tertiary/aromatic N) is 1. The van der Waals surface area contributed by atoms with Crippen molar-refractivity contribution in [2.24, 2.45) is 0 Å². The van der Waals surface area contributed by atoms with Gasteiger partial charge in [-0.1, -0.05) is 58.3 Å². The van der Waals surface area contributed by atoms with Crippen LogP contribution in [-0.2, 0) is 9.09 Å². The van der Waals surface area contributed by atoms with Gasteiger partial charge in [-0.2, -0.15) is 4.52 Å². The van der Waals surface area contributed by atoms with Gasteiger partial charge in [0.15, 0.2) is 0 Å². The fraction of sp³-hybridized carbons (Fsp3) is 0.941. The second kappa shape index (κ2) is 12.3. The van der Waals surface area contributed by atoms with Gasteiger partial charge in [0.05, 0.1) is 20.6 Å². The number of unbranched alkanes of at least 4 members (excludes halogenated alkanes) is 9. The van der Waals surface area contributed by atoms with Crippen LogP contribution < -0.4 is 9.79 Å². The van der Waals surface area contributed by atoms with Crippen molar-refractivity contribution in [3.8, 4) is 0 Å². The smallest absolute Gasteiger partial charge is 0.291 e. The highest BCUT2D eigenvalue weighted by atomic mass is 31.2. The summed E-state index contributed by atoms with van der Waals surface area (Å²) in [4.78, 5) is 21.0. The number of hydrogen-bond donors (Lipinski definition) is 0. The van der Waals surface area contributed by atoms with E-state index in [1.165, 1.54) is 57.8 Å². The van der Waals surface area contributed by atoms with E-state index in [0.717, 1.165) is 19.6 Å². The van der Waals surface area contributed by atoms with Crippen molar-refractivity contribution in [2.45, 2.75) is 84.1 Å². The van der Waals surface area contributed by atoms with Gasteiger partial charge >= 0.3 is 0 Å². The SMILES string of the molecule is CCCCCCCCCCCC[N+](C)(C)C(C)[CH+]OP(=O)([O-])[O-]. The zero-order chi connectivity index (χ0) is 17.8. The molecule has 0 rings (SSSR count). The molecule has 0 aromatic carbocycles. The van der Waals surface area contributed by atoms with Gasteiger partial charge in [-0.3, -0.25) is 4.48 Å². The highest BCUT2D eigenvalue weighted by Crippen LogP contribution is 2.28. The van der Waals surface area contributed by atoms with E-state index in [1.54, 1.807) is 0 Å². The maximum Gasteiger partial charge on any atom is 0.291 e. The summed E-state index contributed by atoms with van der Waals surface area (Å²) < 4.78 is 15.4. The van der Waals surface area contributed by atoms with Gasteiger partial charge in [0.25, 0.3) is 12.6 Å². The molecule has 0 bridgehead atoms. The lowest BCUT2D eigenvalue weighted by Crippen LogP contribution is -2.48. The second-order valence-electron chi connectivity index (χ2n) is 7.11. The van der Waals surface area contributed by atoms with Gasteiger partial charge in [0, 0.05) is 6.92 Å². The Bertz CT molecular complexity index is 331. The van der Waals surface area contributed by atoms with Crippen LogP contribution in [0.4, 0.5) is 0 Å². The molecular formula is C17H36NO4P. The molecule has 0 radical (unpaired) electrons. The topological polar surface area (TPSA) is 72.4 Å². The average molecular weight is 349 g/mol. The van der Waals surface area contributed by atoms with Crippen LogP contribution in [0, 0.1) is 6.61 Å². The van der Waals surface area contributed by atoms with E-state index >= 15 is 0 Å². The number of rotatable bonds is 15. The van der Waals surface area contributed by atoms with Crippen LogP contribution in [0.3, 0.4) is 0 Å². The number of likely N-dealkylation sites (N-methyl/N-ethyl adjacent to an activating group) is 1. The largest absolute Gasteiger partial charge is 0.786 e. The van der Waals surface area contributed by atoms with Crippen molar-refractivity contribution in [1.29, 1.82) is 0 Å². The highest BCUT2D eigenvalue weighted by molar-refractivity contribution is 7.43. The van der Waals surface area contributed by atoms with Gasteiger partial charge in [0.2, 0.25) is 0 Å². The summed E-state index contributed by atoms with van der Waals surface area (Å²) in [5.41, 5.74) is 0. The number of phosphoric acid groups is 1. The fourth-order valence-electron chi connectivity index (χ4n) is 2.54. The minimum atomic E-state index is -4.91. The van der Waals surface area contributed by atoms with E-state index in [9.17, 15) is 14.4 Å². The van der Waals surface area contributed by atoms with E-state index in [1.807, 2.05) is 21.0 Å². The first kappa shape index (κ1) is 22.9. The Kier molecular flexibility index (Phi) is 12.3. The van der Waals surface area contributed by atoms with Crippen molar-refractivity contribution in [3.63, 3.8) is 0 Å². The molecule has 0 aromatic heterocycles. The highest BCUT2D eigenvalue weighted by Gasteiger charge is 2.31. The first-order chi connectivity index (χ1) is 10.7. The van der Waals surface area contributed by atoms with Crippen molar-refractivity contribution in [3.05, 3.63) is 6.61 Å². The quantitative estimate of drug-likeness (QED) is 0.197. The molecule has 0 aliphatic rings. The Balaban J connectivity index is 3.63. The van der Waals surface area contributed by atoms with E-state index < -0.39 is 7.82 Å². The predicted octanol–water partition coefficient (Wildman–Crippen LogP) is 3.38. The predicted molar refractivity (Wildman–Crippen MR) is 91.3 cm³/mol. The summed E-state index contributed by atoms with van der Waals surface area (Å²) in [5.74, 6) is 0. The van der Waals surface area contributed by atoms with Crippen LogP contribution >= 0.6 is 7.82 Å². The molecule has 0 heterocycles. The summed E-state index contributed by atoms with van der Waals surface area (Å²) in [6.07, 6.45) is 13.0. The summed E-state index contributed by atoms with van der Waals surface area (Å²) in [6, 6.07) is -0.134. The third-order valence-corrected chi connectivity index (χ3v) is 4.96. The van der Waals surface area contributed by atoms with Crippen LogP contribution in [0.2, 0.25) is 0 Å². The zero-order valence-electron chi connectivity index (χ0n) is 15.5. The first-order valence-electron chi connectivity index (χ1n) is 9.05. The first-order valence-corrected chi connectivity index (χ1v) is 10.5. The normalized spacial score (nSPS) is 14.0. The molecule has 0 fully saturated rings. The van der Waals surface area contributed by atoms with Gasteiger partial charge in [-0.05, 0) is 12.8 Å². The van der Waals surface area contributed by atoms with Crippen molar-refractivity contribution < 1.29 is 23.4 Å². The Morgan fingerprint density at radius 2 is 1.39 bits per heavy atom. The summed E-state index contributed by atoms with van der Waals surface area (Å²) in [7, 11) is -0.856. The summed E-state index contributed by atoms with van der Waals surface area (Å²) in [6.45, 7) is 6.20. The molecule has 5 nitrogen and oxygen atoms in total. The molecular weight excluding hydrogens is 313 g/mol. The lowest BCUT2D eigenvalue weighted by Gasteiger charge is -2.32. The molecule has 0 aliphatic heterocycles. The van der Waals surface area contributed by atoms with Crippen LogP contribution in [-0.4, -0.2) is 31.2 Å². The minimum Gasteiger partial charge on any atom is -0.786 e. The van der Waals surface area contributed by atoms with Gasteiger partial charge in [-0.15, -0.1) is 0 Å². The molecule has 0 aliphatic carbocycles. The van der Waals surface area contributed by atoms with E-state index in [0.29, 0.717) is 4.48 Å². The molecule has 0 amide bonds. The maximum absolute atomic E-state index is 10.5. The van der Waals surface area contributed by atoms with Crippen LogP contribution in [0.5, 0.6) is 0 Å². The van der Waals surface area contributed by atoms with Crippen molar-refractivity contribution in [1.82, 2.24) is 0 Å². The summed E-state index contributed by atoms with van der Waals surface area (Å²) >= 11 is 0. The lowest BCUT2D eigenvalue weighted by atomic mass is 10.1. The van der Waals surface area contributed by atoms with Crippen LogP contribution in [0.25, 0.3) is 0 Å². The molecule has 0 saturated carbocycles. The van der Waals surface area contributed by atoms with Crippen LogP contribution in [0.1, 0.15) is 78.1 Å². The molecule has 0 aromatic rings.